The van der Waals surface area contributed by atoms with E-state index in [2.05, 4.69) is 32.9 Å². The largest absolute Gasteiger partial charge is 0.343 e. The third-order valence-electron chi connectivity index (χ3n) is 2.79. The lowest BCUT2D eigenvalue weighted by atomic mass is 10.1. The van der Waals surface area contributed by atoms with E-state index in [-0.39, 0.29) is 11.9 Å². The maximum atomic E-state index is 12.3. The van der Waals surface area contributed by atoms with Crippen molar-refractivity contribution in [2.45, 2.75) is 26.8 Å². The lowest BCUT2D eigenvalue weighted by molar-refractivity contribution is 0.0939. The van der Waals surface area contributed by atoms with E-state index < -0.39 is 0 Å². The Hall–Kier alpha value is -0.950. The Kier molecular flexibility index (Phi) is 4.57. The average molecular weight is 386 g/mol. The van der Waals surface area contributed by atoms with Gasteiger partial charge in [-0.2, -0.15) is 0 Å². The molecule has 2 rings (SSSR count). The van der Waals surface area contributed by atoms with Crippen LogP contribution in [-0.2, 0) is 0 Å². The van der Waals surface area contributed by atoms with Crippen molar-refractivity contribution in [3.63, 3.8) is 0 Å². The first-order valence-corrected chi connectivity index (χ1v) is 7.87. The highest BCUT2D eigenvalue weighted by molar-refractivity contribution is 14.1. The normalized spacial score (nSPS) is 12.2. The van der Waals surface area contributed by atoms with Gasteiger partial charge >= 0.3 is 0 Å². The molecule has 0 radical (unpaired) electrons. The molecule has 0 aliphatic heterocycles. The van der Waals surface area contributed by atoms with E-state index in [9.17, 15) is 4.79 Å². The molecule has 1 aromatic heterocycles. The van der Waals surface area contributed by atoms with Crippen molar-refractivity contribution in [3.05, 3.63) is 49.0 Å². The lowest BCUT2D eigenvalue weighted by Crippen LogP contribution is -2.27. The number of thiazole rings is 1. The van der Waals surface area contributed by atoms with Crippen molar-refractivity contribution in [2.75, 3.05) is 0 Å². The highest BCUT2D eigenvalue weighted by atomic mass is 127. The van der Waals surface area contributed by atoms with Gasteiger partial charge in [0.1, 0.15) is 5.01 Å². The second-order valence-corrected chi connectivity index (χ2v) is 6.79. The van der Waals surface area contributed by atoms with Crippen molar-refractivity contribution in [1.29, 1.82) is 0 Å². The predicted octanol–water partition coefficient (Wildman–Crippen LogP) is 3.86. The van der Waals surface area contributed by atoms with Gasteiger partial charge in [-0.25, -0.2) is 4.98 Å². The summed E-state index contributed by atoms with van der Waals surface area (Å²) in [4.78, 5) is 17.7. The van der Waals surface area contributed by atoms with Gasteiger partial charge in [-0.15, -0.1) is 11.3 Å². The van der Waals surface area contributed by atoms with E-state index >= 15 is 0 Å². The molecule has 5 heteroatoms. The van der Waals surface area contributed by atoms with Crippen LogP contribution >= 0.6 is 33.9 Å². The average Bonchev–Trinajstić information content (AvgIpc) is 2.79. The van der Waals surface area contributed by atoms with Crippen LogP contribution in [0.4, 0.5) is 0 Å². The Balaban J connectivity index is 2.15. The lowest BCUT2D eigenvalue weighted by Gasteiger charge is -2.13. The number of carbonyl (C=O) groups is 1. The summed E-state index contributed by atoms with van der Waals surface area (Å²) in [7, 11) is 0. The van der Waals surface area contributed by atoms with Crippen LogP contribution in [0.3, 0.4) is 0 Å². The maximum absolute atomic E-state index is 12.3. The fraction of sp³-hybridized carbons (Fsp3) is 0.286. The summed E-state index contributed by atoms with van der Waals surface area (Å²) in [5.74, 6) is -0.0477. The number of nitrogens with one attached hydrogen (secondary N) is 1. The Labute approximate surface area is 130 Å². The summed E-state index contributed by atoms with van der Waals surface area (Å²) in [6.07, 6.45) is 1.83. The first-order chi connectivity index (χ1) is 8.99. The number of carbonyl (C=O) groups excluding carboxylic acids is 1. The molecule has 1 N–H and O–H groups in total. The third kappa shape index (κ3) is 3.33. The van der Waals surface area contributed by atoms with Gasteiger partial charge in [0, 0.05) is 14.6 Å². The molecule has 19 heavy (non-hydrogen) atoms. The minimum Gasteiger partial charge on any atom is -0.343 e. The second-order valence-electron chi connectivity index (χ2n) is 4.44. The highest BCUT2D eigenvalue weighted by Gasteiger charge is 2.16. The number of benzene rings is 1. The maximum Gasteiger partial charge on any atom is 0.252 e. The molecule has 0 aliphatic carbocycles. The van der Waals surface area contributed by atoms with Crippen molar-refractivity contribution < 1.29 is 4.79 Å². The van der Waals surface area contributed by atoms with E-state index in [0.29, 0.717) is 0 Å². The van der Waals surface area contributed by atoms with Gasteiger partial charge in [0.25, 0.3) is 5.91 Å². The highest BCUT2D eigenvalue weighted by Crippen LogP contribution is 2.21. The zero-order chi connectivity index (χ0) is 14.0. The molecular weight excluding hydrogens is 371 g/mol. The number of hydrogen-bond acceptors (Lipinski definition) is 3. The van der Waals surface area contributed by atoms with Crippen molar-refractivity contribution in [3.8, 4) is 0 Å². The zero-order valence-electron chi connectivity index (χ0n) is 11.0. The predicted molar refractivity (Wildman–Crippen MR) is 86.6 cm³/mol. The molecule has 0 fully saturated rings. The number of rotatable bonds is 3. The quantitative estimate of drug-likeness (QED) is 0.815. The Morgan fingerprint density at radius 2 is 2.16 bits per heavy atom. The number of aryl methyl sites for hydroxylation is 2. The zero-order valence-corrected chi connectivity index (χ0v) is 14.0. The molecule has 1 atom stereocenters. The van der Waals surface area contributed by atoms with Gasteiger partial charge < -0.3 is 5.32 Å². The molecule has 0 bridgehead atoms. The smallest absolute Gasteiger partial charge is 0.252 e. The number of hydrogen-bond donors (Lipinski definition) is 1. The number of amides is 1. The molecule has 1 amide bonds. The summed E-state index contributed by atoms with van der Waals surface area (Å²) < 4.78 is 1.00. The fourth-order valence-electron chi connectivity index (χ4n) is 1.73. The van der Waals surface area contributed by atoms with Gasteiger partial charge in [0.15, 0.2) is 0 Å². The van der Waals surface area contributed by atoms with Crippen LogP contribution in [0.2, 0.25) is 0 Å². The third-order valence-corrected chi connectivity index (χ3v) is 5.32. The van der Waals surface area contributed by atoms with E-state index in [4.69, 9.17) is 0 Å². The van der Waals surface area contributed by atoms with E-state index in [1.54, 1.807) is 11.3 Å². The van der Waals surface area contributed by atoms with Crippen LogP contribution in [0.5, 0.6) is 0 Å². The Morgan fingerprint density at radius 1 is 1.42 bits per heavy atom. The summed E-state index contributed by atoms with van der Waals surface area (Å²) in [6, 6.07) is 5.70. The summed E-state index contributed by atoms with van der Waals surface area (Å²) in [6.45, 7) is 5.98. The molecule has 0 spiro atoms. The molecular formula is C14H15IN2OS. The fourth-order valence-corrected chi connectivity index (χ4v) is 3.11. The van der Waals surface area contributed by atoms with Crippen LogP contribution in [0.15, 0.2) is 24.4 Å². The van der Waals surface area contributed by atoms with Crippen LogP contribution in [0.1, 0.15) is 38.8 Å². The van der Waals surface area contributed by atoms with Gasteiger partial charge in [-0.05, 0) is 55.0 Å². The molecule has 1 aromatic carbocycles. The first kappa shape index (κ1) is 14.5. The number of aromatic nitrogens is 1. The minimum atomic E-state index is -0.0671. The number of halogens is 1. The van der Waals surface area contributed by atoms with Gasteiger partial charge in [0.2, 0.25) is 0 Å². The van der Waals surface area contributed by atoms with Crippen molar-refractivity contribution in [2.24, 2.45) is 0 Å². The van der Waals surface area contributed by atoms with Crippen LogP contribution in [0, 0.1) is 17.4 Å². The minimum absolute atomic E-state index is 0.0477. The van der Waals surface area contributed by atoms with Gasteiger partial charge in [-0.3, -0.25) is 4.79 Å². The van der Waals surface area contributed by atoms with E-state index in [1.807, 2.05) is 45.2 Å². The van der Waals surface area contributed by atoms with Crippen LogP contribution in [-0.4, -0.2) is 10.9 Å². The van der Waals surface area contributed by atoms with Crippen molar-refractivity contribution >= 4 is 39.8 Å². The molecule has 100 valence electrons. The second kappa shape index (κ2) is 6.00. The molecule has 0 saturated heterocycles. The number of nitrogens with zero attached hydrogens (tertiary/aromatic N) is 1. The van der Waals surface area contributed by atoms with Gasteiger partial charge in [0.05, 0.1) is 11.6 Å². The van der Waals surface area contributed by atoms with Crippen molar-refractivity contribution in [1.82, 2.24) is 10.3 Å². The Morgan fingerprint density at radius 3 is 2.79 bits per heavy atom. The van der Waals surface area contributed by atoms with Gasteiger partial charge in [-0.1, -0.05) is 12.1 Å². The van der Waals surface area contributed by atoms with E-state index in [1.165, 1.54) is 0 Å². The molecule has 2 aromatic rings. The monoisotopic (exact) mass is 386 g/mol. The first-order valence-electron chi connectivity index (χ1n) is 5.97. The summed E-state index contributed by atoms with van der Waals surface area (Å²) in [5, 5.41) is 3.94. The SMILES string of the molecule is Cc1cnc(C(C)NC(=O)c2cccc(C)c2I)s1. The topological polar surface area (TPSA) is 42.0 Å². The molecule has 3 nitrogen and oxygen atoms in total. The Bertz CT molecular complexity index is 609. The molecule has 0 saturated carbocycles. The molecule has 1 unspecified atom stereocenters. The van der Waals surface area contributed by atoms with Crippen LogP contribution in [0.25, 0.3) is 0 Å². The molecule has 1 heterocycles. The standard InChI is InChI=1S/C14H15IN2OS/c1-8-5-4-6-11(12(8)15)13(18)17-10(3)14-16-7-9(2)19-14/h4-7,10H,1-3H3,(H,17,18). The molecule has 0 aliphatic rings. The summed E-state index contributed by atoms with van der Waals surface area (Å²) >= 11 is 3.82. The van der Waals surface area contributed by atoms with Crippen LogP contribution < -0.4 is 5.32 Å². The summed E-state index contributed by atoms with van der Waals surface area (Å²) in [5.41, 5.74) is 1.84. The van der Waals surface area contributed by atoms with E-state index in [0.717, 1.165) is 24.6 Å².